The number of amides is 1. The lowest BCUT2D eigenvalue weighted by molar-refractivity contribution is 0.102. The number of nitrogen functional groups attached to an aromatic ring is 1. The largest absolute Gasteiger partial charge is 0.382 e. The molecule has 0 aliphatic rings. The first-order valence-electron chi connectivity index (χ1n) is 7.12. The molecule has 4 rings (SSSR count). The Labute approximate surface area is 140 Å². The van der Waals surface area contributed by atoms with Crippen LogP contribution in [0.25, 0.3) is 22.2 Å². The Hall–Kier alpha value is -3.26. The number of anilines is 2. The zero-order chi connectivity index (χ0) is 16.5. The summed E-state index contributed by atoms with van der Waals surface area (Å²) >= 11 is 1.34. The van der Waals surface area contributed by atoms with Crippen molar-refractivity contribution in [3.05, 3.63) is 53.9 Å². The third kappa shape index (κ3) is 2.48. The lowest BCUT2D eigenvalue weighted by Crippen LogP contribution is -2.16. The molecule has 4 N–H and O–H groups in total. The van der Waals surface area contributed by atoms with Crippen molar-refractivity contribution in [1.82, 2.24) is 19.9 Å². The molecule has 1 aromatic carbocycles. The molecule has 7 nitrogen and oxygen atoms in total. The first kappa shape index (κ1) is 14.3. The maximum atomic E-state index is 12.2. The zero-order valence-corrected chi connectivity index (χ0v) is 13.2. The number of benzene rings is 1. The number of carbonyl (C=O) groups excluding carboxylic acids is 1. The van der Waals surface area contributed by atoms with Gasteiger partial charge >= 0.3 is 0 Å². The molecule has 0 saturated carbocycles. The molecular formula is C16H12N6OS. The van der Waals surface area contributed by atoms with Crippen LogP contribution in [0.2, 0.25) is 0 Å². The van der Waals surface area contributed by atoms with Gasteiger partial charge in [-0.15, -0.1) is 11.3 Å². The summed E-state index contributed by atoms with van der Waals surface area (Å²) in [4.78, 5) is 27.7. The number of para-hydroxylation sites is 1. The Kier molecular flexibility index (Phi) is 3.43. The van der Waals surface area contributed by atoms with Crippen molar-refractivity contribution in [3.8, 4) is 11.3 Å². The van der Waals surface area contributed by atoms with Crippen LogP contribution in [-0.4, -0.2) is 25.8 Å². The third-order valence-electron chi connectivity index (χ3n) is 3.53. The molecule has 3 heterocycles. The molecule has 8 heteroatoms. The van der Waals surface area contributed by atoms with Gasteiger partial charge in [0.05, 0.1) is 5.69 Å². The van der Waals surface area contributed by atoms with Crippen LogP contribution in [0.15, 0.2) is 48.2 Å². The van der Waals surface area contributed by atoms with Gasteiger partial charge in [0, 0.05) is 40.4 Å². The van der Waals surface area contributed by atoms with Crippen LogP contribution in [0.5, 0.6) is 0 Å². The van der Waals surface area contributed by atoms with Crippen LogP contribution >= 0.6 is 11.3 Å². The predicted molar refractivity (Wildman–Crippen MR) is 93.8 cm³/mol. The van der Waals surface area contributed by atoms with E-state index in [9.17, 15) is 4.79 Å². The number of hydrogen-bond donors (Lipinski definition) is 3. The zero-order valence-electron chi connectivity index (χ0n) is 12.4. The van der Waals surface area contributed by atoms with Crippen LogP contribution in [0, 0.1) is 0 Å². The number of nitrogens with zero attached hydrogens (tertiary/aromatic N) is 3. The average Bonchev–Trinajstić information content (AvgIpc) is 3.21. The molecule has 0 unspecified atom stereocenters. The molecule has 0 saturated heterocycles. The summed E-state index contributed by atoms with van der Waals surface area (Å²) in [5, 5.41) is 6.16. The molecule has 0 bridgehead atoms. The lowest BCUT2D eigenvalue weighted by atomic mass is 10.1. The normalized spacial score (nSPS) is 10.8. The fourth-order valence-electron chi connectivity index (χ4n) is 2.42. The summed E-state index contributed by atoms with van der Waals surface area (Å²) in [6.45, 7) is 0. The highest BCUT2D eigenvalue weighted by Gasteiger charge is 2.15. The number of aromatic nitrogens is 4. The topological polar surface area (TPSA) is 110 Å². The lowest BCUT2D eigenvalue weighted by Gasteiger charge is -2.02. The third-order valence-corrected chi connectivity index (χ3v) is 4.29. The van der Waals surface area contributed by atoms with Gasteiger partial charge in [-0.1, -0.05) is 18.2 Å². The van der Waals surface area contributed by atoms with Crippen LogP contribution in [0.1, 0.15) is 10.5 Å². The van der Waals surface area contributed by atoms with Crippen LogP contribution in [0.3, 0.4) is 0 Å². The van der Waals surface area contributed by atoms with E-state index in [2.05, 4.69) is 25.3 Å². The van der Waals surface area contributed by atoms with Crippen molar-refractivity contribution in [2.24, 2.45) is 0 Å². The second kappa shape index (κ2) is 5.74. The second-order valence-electron chi connectivity index (χ2n) is 5.03. The maximum Gasteiger partial charge on any atom is 0.279 e. The van der Waals surface area contributed by atoms with Crippen LogP contribution < -0.4 is 11.1 Å². The van der Waals surface area contributed by atoms with E-state index in [1.54, 1.807) is 0 Å². The summed E-state index contributed by atoms with van der Waals surface area (Å²) in [7, 11) is 0. The summed E-state index contributed by atoms with van der Waals surface area (Å²) in [6.07, 6.45) is 4.76. The molecule has 0 aliphatic heterocycles. The minimum atomic E-state index is -0.430. The first-order valence-corrected chi connectivity index (χ1v) is 8.00. The summed E-state index contributed by atoms with van der Waals surface area (Å²) < 4.78 is 0. The van der Waals surface area contributed by atoms with Crippen molar-refractivity contribution >= 4 is 39.1 Å². The fraction of sp³-hybridized carbons (Fsp3) is 0. The molecular weight excluding hydrogens is 324 g/mol. The Balaban J connectivity index is 1.61. The number of fused-ring (bicyclic) bond motifs is 1. The number of nitrogens with two attached hydrogens (primary N) is 1. The highest BCUT2D eigenvalue weighted by molar-refractivity contribution is 7.14. The van der Waals surface area contributed by atoms with Gasteiger partial charge in [-0.2, -0.15) is 0 Å². The maximum absolute atomic E-state index is 12.2. The number of nitrogens with one attached hydrogen (secondary N) is 2. The molecule has 118 valence electrons. The van der Waals surface area contributed by atoms with Gasteiger partial charge in [0.1, 0.15) is 0 Å². The second-order valence-corrected chi connectivity index (χ2v) is 5.89. The monoisotopic (exact) mass is 336 g/mol. The van der Waals surface area contributed by atoms with Crippen molar-refractivity contribution < 1.29 is 4.79 Å². The summed E-state index contributed by atoms with van der Waals surface area (Å²) in [5.41, 5.74) is 8.57. The molecule has 4 aromatic rings. The van der Waals surface area contributed by atoms with E-state index in [1.165, 1.54) is 23.7 Å². The van der Waals surface area contributed by atoms with Gasteiger partial charge in [0.25, 0.3) is 5.91 Å². The molecule has 0 aliphatic carbocycles. The number of hydrogen-bond acceptors (Lipinski definition) is 6. The Morgan fingerprint density at radius 2 is 2.04 bits per heavy atom. The number of thiazole rings is 1. The van der Waals surface area contributed by atoms with Gasteiger partial charge in [-0.25, -0.2) is 15.0 Å². The van der Waals surface area contributed by atoms with Crippen molar-refractivity contribution in [2.45, 2.75) is 0 Å². The Morgan fingerprint density at radius 3 is 2.92 bits per heavy atom. The van der Waals surface area contributed by atoms with E-state index in [4.69, 9.17) is 5.73 Å². The predicted octanol–water partition coefficient (Wildman–Crippen LogP) is 2.92. The number of aromatic amines is 1. The van der Waals surface area contributed by atoms with Gasteiger partial charge < -0.3 is 10.7 Å². The van der Waals surface area contributed by atoms with E-state index < -0.39 is 5.91 Å². The molecule has 0 spiro atoms. The summed E-state index contributed by atoms with van der Waals surface area (Å²) in [5.74, 6) is -0.344. The van der Waals surface area contributed by atoms with Gasteiger partial charge in [0.15, 0.2) is 16.6 Å². The van der Waals surface area contributed by atoms with Gasteiger partial charge in [0.2, 0.25) is 0 Å². The Morgan fingerprint density at radius 1 is 1.21 bits per heavy atom. The molecule has 0 fully saturated rings. The van der Waals surface area contributed by atoms with Crippen molar-refractivity contribution in [3.63, 3.8) is 0 Å². The molecule has 24 heavy (non-hydrogen) atoms. The number of carbonyl (C=O) groups is 1. The van der Waals surface area contributed by atoms with E-state index in [0.717, 1.165) is 22.2 Å². The highest BCUT2D eigenvalue weighted by atomic mass is 32.1. The average molecular weight is 336 g/mol. The fourth-order valence-corrected chi connectivity index (χ4v) is 3.12. The van der Waals surface area contributed by atoms with E-state index in [0.29, 0.717) is 5.13 Å². The van der Waals surface area contributed by atoms with E-state index in [-0.39, 0.29) is 11.5 Å². The molecule has 3 aromatic heterocycles. The highest BCUT2D eigenvalue weighted by Crippen LogP contribution is 2.31. The minimum Gasteiger partial charge on any atom is -0.382 e. The van der Waals surface area contributed by atoms with Gasteiger partial charge in [-0.3, -0.25) is 10.1 Å². The minimum absolute atomic E-state index is 0.0846. The smallest absolute Gasteiger partial charge is 0.279 e. The van der Waals surface area contributed by atoms with E-state index in [1.807, 2.05) is 35.8 Å². The first-order chi connectivity index (χ1) is 11.7. The molecule has 0 atom stereocenters. The number of rotatable bonds is 3. The molecule has 0 radical (unpaired) electrons. The summed E-state index contributed by atoms with van der Waals surface area (Å²) in [6, 6.07) is 7.98. The SMILES string of the molecule is Nc1nccnc1C(=O)Nc1nc(-c2c[nH]c3ccccc23)cs1. The van der Waals surface area contributed by atoms with Crippen molar-refractivity contribution in [2.75, 3.05) is 11.1 Å². The Bertz CT molecular complexity index is 1040. The standard InChI is InChI=1S/C16H12N6OS/c17-14-13(18-5-6-19-14)15(23)22-16-21-12(8-24-16)10-7-20-11-4-2-1-3-9(10)11/h1-8,20H,(H2,17,19)(H,21,22,23). The quantitative estimate of drug-likeness (QED) is 0.533. The number of H-pyrrole nitrogens is 1. The van der Waals surface area contributed by atoms with Crippen molar-refractivity contribution in [1.29, 1.82) is 0 Å². The van der Waals surface area contributed by atoms with Crippen LogP contribution in [0.4, 0.5) is 10.9 Å². The molecule has 1 amide bonds. The van der Waals surface area contributed by atoms with E-state index >= 15 is 0 Å². The van der Waals surface area contributed by atoms with Crippen LogP contribution in [-0.2, 0) is 0 Å². The van der Waals surface area contributed by atoms with Gasteiger partial charge in [-0.05, 0) is 6.07 Å².